The largest absolute Gasteiger partial charge is 0.472 e. The molecule has 0 saturated carbocycles. The van der Waals surface area contributed by atoms with Gasteiger partial charge < -0.3 is 20.1 Å². The fourth-order valence-electron chi connectivity index (χ4n) is 6.06. The van der Waals surface area contributed by atoms with E-state index in [-0.39, 0.29) is 32.1 Å². The number of phosphoric acid groups is 1. The van der Waals surface area contributed by atoms with Crippen LogP contribution in [0, 0.1) is 0 Å². The summed E-state index contributed by atoms with van der Waals surface area (Å²) in [5.74, 6) is -0.524. The smallest absolute Gasteiger partial charge is 0.463 e. The summed E-state index contributed by atoms with van der Waals surface area (Å²) < 4.78 is 26.9. The molecular weight excluding hydrogens is 689 g/mol. The maximum Gasteiger partial charge on any atom is 0.472 e. The normalized spacial score (nSPS) is 13.5. The molecule has 0 aliphatic carbocycles. The SMILES string of the molecule is CCCCCC/C=C\C/C=C\CCCCCCCC(=O)NCCOP(=O)(O)OCC(O)COC(=O)CCCCCCCCCCCCCCCCCC. The molecule has 0 saturated heterocycles. The Hall–Kier alpha value is -1.51. The number of carbonyl (C=O) groups excluding carboxylic acids is 2. The summed E-state index contributed by atoms with van der Waals surface area (Å²) in [7, 11) is -4.42. The zero-order chi connectivity index (χ0) is 38.9. The van der Waals surface area contributed by atoms with Gasteiger partial charge in [-0.2, -0.15) is 0 Å². The Morgan fingerprint density at radius 1 is 0.585 bits per heavy atom. The van der Waals surface area contributed by atoms with Crippen molar-refractivity contribution in [1.29, 1.82) is 0 Å². The molecule has 0 aliphatic heterocycles. The standard InChI is InChI=1S/C43H82NO8P/c1-3-5-7-9-11-13-15-17-19-21-23-25-27-29-31-33-35-42(46)44-37-38-51-53(48,49)52-40-41(45)39-50-43(47)36-34-32-30-28-26-24-22-20-18-16-14-12-10-8-6-4-2/h13,15,19,21,41,45H,3-12,14,16-18,20,22-40H2,1-2H3,(H,44,46)(H,48,49)/b15-13-,21-19-. The Morgan fingerprint density at radius 2 is 1.02 bits per heavy atom. The van der Waals surface area contributed by atoms with E-state index in [0.29, 0.717) is 6.42 Å². The van der Waals surface area contributed by atoms with Gasteiger partial charge in [0.15, 0.2) is 0 Å². The second-order valence-corrected chi connectivity index (χ2v) is 16.1. The topological polar surface area (TPSA) is 131 Å². The zero-order valence-electron chi connectivity index (χ0n) is 34.2. The van der Waals surface area contributed by atoms with Crippen LogP contribution < -0.4 is 5.32 Å². The molecule has 0 aromatic rings. The Kier molecular flexibility index (Phi) is 39.0. The van der Waals surface area contributed by atoms with Crippen molar-refractivity contribution in [2.75, 3.05) is 26.4 Å². The van der Waals surface area contributed by atoms with Crippen LogP contribution in [0.5, 0.6) is 0 Å². The molecule has 0 heterocycles. The van der Waals surface area contributed by atoms with Crippen LogP contribution in [0.2, 0.25) is 0 Å². The van der Waals surface area contributed by atoms with Gasteiger partial charge in [0, 0.05) is 19.4 Å². The number of unbranched alkanes of at least 4 members (excludes halogenated alkanes) is 24. The van der Waals surface area contributed by atoms with Crippen molar-refractivity contribution in [1.82, 2.24) is 5.32 Å². The number of ether oxygens (including phenoxy) is 1. The van der Waals surface area contributed by atoms with Crippen LogP contribution in [0.15, 0.2) is 24.3 Å². The molecule has 312 valence electrons. The van der Waals surface area contributed by atoms with Gasteiger partial charge in [0.25, 0.3) is 0 Å². The van der Waals surface area contributed by atoms with E-state index in [2.05, 4.69) is 43.5 Å². The third kappa shape index (κ3) is 41.5. The second kappa shape index (κ2) is 40.2. The van der Waals surface area contributed by atoms with Gasteiger partial charge in [0.05, 0.1) is 13.2 Å². The maximum atomic E-state index is 12.1. The van der Waals surface area contributed by atoms with Crippen LogP contribution in [-0.4, -0.2) is 54.3 Å². The van der Waals surface area contributed by atoms with E-state index in [1.165, 1.54) is 116 Å². The third-order valence-electron chi connectivity index (χ3n) is 9.38. The first-order chi connectivity index (χ1) is 25.8. The molecule has 9 nitrogen and oxygen atoms in total. The molecule has 0 aromatic carbocycles. The van der Waals surface area contributed by atoms with E-state index in [1.807, 2.05) is 0 Å². The molecule has 10 heteroatoms. The summed E-state index contributed by atoms with van der Waals surface area (Å²) in [4.78, 5) is 33.9. The van der Waals surface area contributed by atoms with Gasteiger partial charge in [-0.3, -0.25) is 18.6 Å². The molecule has 1 amide bonds. The van der Waals surface area contributed by atoms with Crippen molar-refractivity contribution in [3.05, 3.63) is 24.3 Å². The molecule has 2 unspecified atom stereocenters. The number of esters is 1. The lowest BCUT2D eigenvalue weighted by Gasteiger charge is -2.15. The quantitative estimate of drug-likeness (QED) is 0.0242. The number of phosphoric ester groups is 1. The van der Waals surface area contributed by atoms with Gasteiger partial charge in [-0.05, 0) is 44.9 Å². The van der Waals surface area contributed by atoms with Crippen LogP contribution in [0.1, 0.15) is 206 Å². The van der Waals surface area contributed by atoms with Crippen LogP contribution in [0.3, 0.4) is 0 Å². The number of aliphatic hydroxyl groups is 1. The van der Waals surface area contributed by atoms with Crippen molar-refractivity contribution >= 4 is 19.7 Å². The van der Waals surface area contributed by atoms with Gasteiger partial charge in [0.1, 0.15) is 12.7 Å². The van der Waals surface area contributed by atoms with E-state index in [4.69, 9.17) is 13.8 Å². The van der Waals surface area contributed by atoms with Gasteiger partial charge in [-0.1, -0.05) is 173 Å². The number of hydrogen-bond acceptors (Lipinski definition) is 7. The highest BCUT2D eigenvalue weighted by Crippen LogP contribution is 2.42. The summed E-state index contributed by atoms with van der Waals surface area (Å²) in [6, 6.07) is 0. The molecule has 0 bridgehead atoms. The maximum absolute atomic E-state index is 12.1. The second-order valence-electron chi connectivity index (χ2n) is 14.7. The van der Waals surface area contributed by atoms with Crippen LogP contribution in [-0.2, 0) is 27.9 Å². The van der Waals surface area contributed by atoms with Crippen molar-refractivity contribution in [3.8, 4) is 0 Å². The Bertz CT molecular complexity index is 928. The molecule has 53 heavy (non-hydrogen) atoms. The number of aliphatic hydroxyl groups excluding tert-OH is 1. The predicted molar refractivity (Wildman–Crippen MR) is 220 cm³/mol. The van der Waals surface area contributed by atoms with Crippen LogP contribution >= 0.6 is 7.82 Å². The number of nitrogens with one attached hydrogen (secondary N) is 1. The predicted octanol–water partition coefficient (Wildman–Crippen LogP) is 12.0. The molecule has 0 aliphatic rings. The number of carbonyl (C=O) groups is 2. The lowest BCUT2D eigenvalue weighted by Crippen LogP contribution is -2.27. The van der Waals surface area contributed by atoms with Crippen LogP contribution in [0.25, 0.3) is 0 Å². The molecule has 0 radical (unpaired) electrons. The molecule has 0 spiro atoms. The lowest BCUT2D eigenvalue weighted by atomic mass is 10.0. The monoisotopic (exact) mass is 772 g/mol. The first-order valence-electron chi connectivity index (χ1n) is 21.8. The molecule has 0 rings (SSSR count). The molecular formula is C43H82NO8P. The average Bonchev–Trinajstić information content (AvgIpc) is 3.14. The van der Waals surface area contributed by atoms with Crippen molar-refractivity contribution in [3.63, 3.8) is 0 Å². The van der Waals surface area contributed by atoms with E-state index in [0.717, 1.165) is 64.2 Å². The minimum Gasteiger partial charge on any atom is -0.463 e. The lowest BCUT2D eigenvalue weighted by molar-refractivity contribution is -0.147. The zero-order valence-corrected chi connectivity index (χ0v) is 35.1. The molecule has 3 N–H and O–H groups in total. The summed E-state index contributed by atoms with van der Waals surface area (Å²) in [6.07, 6.45) is 42.4. The highest BCUT2D eigenvalue weighted by molar-refractivity contribution is 7.47. The number of rotatable bonds is 41. The van der Waals surface area contributed by atoms with Crippen LogP contribution in [0.4, 0.5) is 0 Å². The number of amides is 1. The highest BCUT2D eigenvalue weighted by Gasteiger charge is 2.23. The Balaban J connectivity index is 3.60. The minimum atomic E-state index is -4.42. The molecule has 0 fully saturated rings. The van der Waals surface area contributed by atoms with Crippen molar-refractivity contribution in [2.45, 2.75) is 213 Å². The minimum absolute atomic E-state index is 0.0760. The Morgan fingerprint density at radius 3 is 1.53 bits per heavy atom. The summed E-state index contributed by atoms with van der Waals surface area (Å²) in [6.45, 7) is 3.54. The van der Waals surface area contributed by atoms with Gasteiger partial charge in [-0.25, -0.2) is 4.57 Å². The average molecular weight is 772 g/mol. The summed E-state index contributed by atoms with van der Waals surface area (Å²) in [5, 5.41) is 12.7. The van der Waals surface area contributed by atoms with Crippen molar-refractivity contribution in [2.24, 2.45) is 0 Å². The van der Waals surface area contributed by atoms with Crippen molar-refractivity contribution < 1.29 is 37.9 Å². The first kappa shape index (κ1) is 51.5. The summed E-state index contributed by atoms with van der Waals surface area (Å²) >= 11 is 0. The van der Waals surface area contributed by atoms with Gasteiger partial charge >= 0.3 is 13.8 Å². The van der Waals surface area contributed by atoms with E-state index in [1.54, 1.807) is 0 Å². The number of hydrogen-bond donors (Lipinski definition) is 3. The molecule has 0 aromatic heterocycles. The Labute approximate surface area is 325 Å². The third-order valence-corrected chi connectivity index (χ3v) is 10.4. The molecule has 2 atom stereocenters. The van der Waals surface area contributed by atoms with E-state index < -0.39 is 26.5 Å². The summed E-state index contributed by atoms with van der Waals surface area (Å²) in [5.41, 5.74) is 0. The van der Waals surface area contributed by atoms with Gasteiger partial charge in [-0.15, -0.1) is 0 Å². The fraction of sp³-hybridized carbons (Fsp3) is 0.860. The number of allylic oxidation sites excluding steroid dienone is 4. The van der Waals surface area contributed by atoms with E-state index in [9.17, 15) is 24.2 Å². The van der Waals surface area contributed by atoms with Gasteiger partial charge in [0.2, 0.25) is 5.91 Å². The first-order valence-corrected chi connectivity index (χ1v) is 23.3. The highest BCUT2D eigenvalue weighted by atomic mass is 31.2. The fourth-order valence-corrected chi connectivity index (χ4v) is 6.81. The van der Waals surface area contributed by atoms with E-state index >= 15 is 0 Å².